The Kier molecular flexibility index (Phi) is 5.64. The van der Waals surface area contributed by atoms with Gasteiger partial charge in [0.2, 0.25) is 0 Å². The van der Waals surface area contributed by atoms with Crippen molar-refractivity contribution >= 4 is 0 Å². The van der Waals surface area contributed by atoms with Gasteiger partial charge in [-0.2, -0.15) is 0 Å². The van der Waals surface area contributed by atoms with Crippen LogP contribution in [0.15, 0.2) is 11.6 Å². The Balaban J connectivity index is 3.00. The zero-order valence-electron chi connectivity index (χ0n) is 6.31. The lowest BCUT2D eigenvalue weighted by Gasteiger charge is -1.93. The fourth-order valence-electron chi connectivity index (χ4n) is 0.576. The molecule has 0 rings (SSSR count). The van der Waals surface area contributed by atoms with Gasteiger partial charge < -0.3 is 4.74 Å². The molecule has 0 aromatic rings. The number of rotatable bonds is 4. The van der Waals surface area contributed by atoms with Crippen molar-refractivity contribution < 1.29 is 4.74 Å². The zero-order valence-corrected chi connectivity index (χ0v) is 6.31. The maximum absolute atomic E-state index is 4.64. The fourth-order valence-corrected chi connectivity index (χ4v) is 0.576. The minimum atomic E-state index is 0.768. The molecule has 0 fully saturated rings. The summed E-state index contributed by atoms with van der Waals surface area (Å²) in [6.07, 6.45) is 4.39. The highest BCUT2D eigenvalue weighted by molar-refractivity contribution is 4.92. The molecule has 0 atom stereocenters. The van der Waals surface area contributed by atoms with Crippen LogP contribution in [-0.2, 0) is 4.74 Å². The monoisotopic (exact) mass is 127 g/mol. The van der Waals surface area contributed by atoms with Crippen LogP contribution in [-0.4, -0.2) is 6.61 Å². The summed E-state index contributed by atoms with van der Waals surface area (Å²) in [5, 5.41) is 0. The number of unbranched alkanes of at least 4 members (excludes halogenated alkanes) is 1. The summed E-state index contributed by atoms with van der Waals surface area (Å²) in [4.78, 5) is 0. The second kappa shape index (κ2) is 5.83. The van der Waals surface area contributed by atoms with Gasteiger partial charge in [0, 0.05) is 6.61 Å². The van der Waals surface area contributed by atoms with Crippen LogP contribution in [0, 0.1) is 7.11 Å². The predicted octanol–water partition coefficient (Wildman–Crippen LogP) is 2.54. The average molecular weight is 127 g/mol. The third kappa shape index (κ3) is 7.70. The van der Waals surface area contributed by atoms with Gasteiger partial charge >= 0.3 is 0 Å². The first-order valence-corrected chi connectivity index (χ1v) is 3.27. The molecule has 9 heavy (non-hydrogen) atoms. The van der Waals surface area contributed by atoms with E-state index in [1.807, 2.05) is 0 Å². The first-order valence-electron chi connectivity index (χ1n) is 3.27. The average Bonchev–Trinajstić information content (AvgIpc) is 1.80. The van der Waals surface area contributed by atoms with Crippen LogP contribution in [0.25, 0.3) is 0 Å². The van der Waals surface area contributed by atoms with Crippen LogP contribution in [0.2, 0.25) is 0 Å². The highest BCUT2D eigenvalue weighted by Gasteiger charge is 1.81. The molecule has 0 aliphatic heterocycles. The van der Waals surface area contributed by atoms with Crippen molar-refractivity contribution in [1.29, 1.82) is 0 Å². The first kappa shape index (κ1) is 8.70. The molecule has 53 valence electrons. The standard InChI is InChI=1S/C8H15O/c1-8(2)6-4-5-7-9-3/h6H,3-5,7H2,1-2H3. The molecule has 0 heterocycles. The molecule has 0 N–H and O–H groups in total. The van der Waals surface area contributed by atoms with Gasteiger partial charge in [-0.25, -0.2) is 0 Å². The summed E-state index contributed by atoms with van der Waals surface area (Å²) in [6.45, 7) is 4.97. The Morgan fingerprint density at radius 3 is 2.67 bits per heavy atom. The van der Waals surface area contributed by atoms with E-state index < -0.39 is 0 Å². The Morgan fingerprint density at radius 1 is 1.56 bits per heavy atom. The summed E-state index contributed by atoms with van der Waals surface area (Å²) in [6, 6.07) is 0. The smallest absolute Gasteiger partial charge is 0.0700 e. The zero-order chi connectivity index (χ0) is 7.11. The topological polar surface area (TPSA) is 9.23 Å². The molecular weight excluding hydrogens is 112 g/mol. The maximum atomic E-state index is 4.64. The van der Waals surface area contributed by atoms with Crippen molar-refractivity contribution in [3.05, 3.63) is 18.8 Å². The molecule has 0 aliphatic carbocycles. The van der Waals surface area contributed by atoms with E-state index in [0.717, 1.165) is 19.4 Å². The number of hydrogen-bond donors (Lipinski definition) is 0. The Morgan fingerprint density at radius 2 is 2.22 bits per heavy atom. The number of hydrogen-bond acceptors (Lipinski definition) is 1. The molecule has 0 aliphatic rings. The number of allylic oxidation sites excluding steroid dienone is 2. The molecular formula is C8H15O. The summed E-state index contributed by atoms with van der Waals surface area (Å²) in [7, 11) is 3.28. The molecule has 0 saturated heterocycles. The van der Waals surface area contributed by atoms with Gasteiger partial charge in [-0.05, 0) is 26.7 Å². The van der Waals surface area contributed by atoms with Gasteiger partial charge in [0.05, 0.1) is 7.11 Å². The van der Waals surface area contributed by atoms with Crippen molar-refractivity contribution in [3.8, 4) is 0 Å². The summed E-state index contributed by atoms with van der Waals surface area (Å²) >= 11 is 0. The lowest BCUT2D eigenvalue weighted by molar-refractivity contribution is 0.238. The van der Waals surface area contributed by atoms with E-state index in [1.54, 1.807) is 0 Å². The second-order valence-electron chi connectivity index (χ2n) is 2.33. The Bertz CT molecular complexity index is 80.6. The van der Waals surface area contributed by atoms with Crippen LogP contribution >= 0.6 is 0 Å². The molecule has 1 heteroatoms. The van der Waals surface area contributed by atoms with Crippen molar-refractivity contribution in [2.45, 2.75) is 26.7 Å². The van der Waals surface area contributed by atoms with Crippen LogP contribution in [0.4, 0.5) is 0 Å². The third-order valence-electron chi connectivity index (χ3n) is 1.05. The van der Waals surface area contributed by atoms with Crippen LogP contribution < -0.4 is 0 Å². The van der Waals surface area contributed by atoms with Gasteiger partial charge in [-0.3, -0.25) is 0 Å². The summed E-state index contributed by atoms with van der Waals surface area (Å²) in [5.74, 6) is 0. The predicted molar refractivity (Wildman–Crippen MR) is 40.0 cm³/mol. The van der Waals surface area contributed by atoms with E-state index in [1.165, 1.54) is 5.57 Å². The van der Waals surface area contributed by atoms with E-state index in [-0.39, 0.29) is 0 Å². The van der Waals surface area contributed by atoms with Crippen molar-refractivity contribution in [3.63, 3.8) is 0 Å². The summed E-state index contributed by atoms with van der Waals surface area (Å²) in [5.41, 5.74) is 1.37. The highest BCUT2D eigenvalue weighted by atomic mass is 16.5. The van der Waals surface area contributed by atoms with Crippen molar-refractivity contribution in [2.75, 3.05) is 6.61 Å². The van der Waals surface area contributed by atoms with Crippen LogP contribution in [0.3, 0.4) is 0 Å². The first-order chi connectivity index (χ1) is 4.27. The van der Waals surface area contributed by atoms with Gasteiger partial charge in [0.15, 0.2) is 0 Å². The maximum Gasteiger partial charge on any atom is 0.0700 e. The number of ether oxygens (including phenoxy) is 1. The lowest BCUT2D eigenvalue weighted by Crippen LogP contribution is -1.83. The quantitative estimate of drug-likeness (QED) is 0.416. The highest BCUT2D eigenvalue weighted by Crippen LogP contribution is 1.96. The van der Waals surface area contributed by atoms with Gasteiger partial charge in [0.25, 0.3) is 0 Å². The molecule has 1 radical (unpaired) electrons. The van der Waals surface area contributed by atoms with Gasteiger partial charge in [-0.1, -0.05) is 11.6 Å². The summed E-state index contributed by atoms with van der Waals surface area (Å²) < 4.78 is 4.64. The SMILES string of the molecule is [CH2]OCCCC=C(C)C. The molecule has 0 saturated carbocycles. The molecule has 0 aromatic heterocycles. The van der Waals surface area contributed by atoms with E-state index in [4.69, 9.17) is 0 Å². The van der Waals surface area contributed by atoms with Crippen LogP contribution in [0.1, 0.15) is 26.7 Å². The van der Waals surface area contributed by atoms with Crippen LogP contribution in [0.5, 0.6) is 0 Å². The Labute approximate surface area is 57.7 Å². The van der Waals surface area contributed by atoms with E-state index in [2.05, 4.69) is 31.8 Å². The minimum Gasteiger partial charge on any atom is -0.379 e. The molecule has 0 unspecified atom stereocenters. The lowest BCUT2D eigenvalue weighted by atomic mass is 10.2. The van der Waals surface area contributed by atoms with Crippen molar-refractivity contribution in [1.82, 2.24) is 0 Å². The molecule has 1 nitrogen and oxygen atoms in total. The van der Waals surface area contributed by atoms with Crippen molar-refractivity contribution in [2.24, 2.45) is 0 Å². The molecule has 0 spiro atoms. The van der Waals surface area contributed by atoms with Gasteiger partial charge in [-0.15, -0.1) is 0 Å². The van der Waals surface area contributed by atoms with E-state index >= 15 is 0 Å². The minimum absolute atomic E-state index is 0.768. The largest absolute Gasteiger partial charge is 0.379 e. The van der Waals surface area contributed by atoms with E-state index in [0.29, 0.717) is 0 Å². The normalized spacial score (nSPS) is 9.22. The fraction of sp³-hybridized carbons (Fsp3) is 0.625. The second-order valence-corrected chi connectivity index (χ2v) is 2.33. The van der Waals surface area contributed by atoms with Gasteiger partial charge in [0.1, 0.15) is 0 Å². The molecule has 0 aromatic carbocycles. The molecule has 0 amide bonds. The Hall–Kier alpha value is -0.300. The third-order valence-corrected chi connectivity index (χ3v) is 1.05. The molecule has 0 bridgehead atoms. The van der Waals surface area contributed by atoms with E-state index in [9.17, 15) is 0 Å².